The molecule has 1 heterocycles. The van der Waals surface area contributed by atoms with E-state index in [2.05, 4.69) is 0 Å². The number of esters is 1. The summed E-state index contributed by atoms with van der Waals surface area (Å²) in [5.41, 5.74) is 2.21. The Hall–Kier alpha value is -2.88. The fourth-order valence-electron chi connectivity index (χ4n) is 2.50. The lowest BCUT2D eigenvalue weighted by atomic mass is 10.00. The molecule has 110 valence electrons. The second-order valence-electron chi connectivity index (χ2n) is 5.01. The number of hydrogen-bond donors (Lipinski definition) is 0. The van der Waals surface area contributed by atoms with Gasteiger partial charge in [0.05, 0.1) is 5.56 Å². The number of fused-ring (bicyclic) bond motifs is 1. The summed E-state index contributed by atoms with van der Waals surface area (Å²) in [7, 11) is 0. The Bertz CT molecular complexity index is 908. The van der Waals surface area contributed by atoms with E-state index in [9.17, 15) is 9.59 Å². The van der Waals surface area contributed by atoms with E-state index < -0.39 is 11.6 Å². The number of carbonyl (C=O) groups excluding carboxylic acids is 1. The molecular weight excluding hydrogens is 280 g/mol. The van der Waals surface area contributed by atoms with Crippen LogP contribution in [0.2, 0.25) is 0 Å². The summed E-state index contributed by atoms with van der Waals surface area (Å²) >= 11 is 0. The SMILES string of the molecule is CC(=O)Oc1ccc2c(C)c(-c3ccccc3)c(=O)oc2c1. The molecule has 3 rings (SSSR count). The molecule has 22 heavy (non-hydrogen) atoms. The molecule has 0 spiro atoms. The average Bonchev–Trinajstić information content (AvgIpc) is 2.47. The van der Waals surface area contributed by atoms with Crippen molar-refractivity contribution in [3.63, 3.8) is 0 Å². The molecule has 4 nitrogen and oxygen atoms in total. The predicted octanol–water partition coefficient (Wildman–Crippen LogP) is 3.69. The maximum atomic E-state index is 12.3. The summed E-state index contributed by atoms with van der Waals surface area (Å²) in [6, 6.07) is 14.4. The quantitative estimate of drug-likeness (QED) is 0.411. The van der Waals surface area contributed by atoms with Crippen molar-refractivity contribution in [3.8, 4) is 16.9 Å². The summed E-state index contributed by atoms with van der Waals surface area (Å²) in [5.74, 6) is -0.0608. The Morgan fingerprint density at radius 1 is 1.09 bits per heavy atom. The summed E-state index contributed by atoms with van der Waals surface area (Å²) < 4.78 is 10.4. The van der Waals surface area contributed by atoms with Crippen LogP contribution in [0, 0.1) is 6.92 Å². The molecule has 0 aliphatic carbocycles. The first-order valence-corrected chi connectivity index (χ1v) is 6.87. The third-order valence-electron chi connectivity index (χ3n) is 3.46. The topological polar surface area (TPSA) is 56.5 Å². The molecule has 0 saturated heterocycles. The molecular formula is C18H14O4. The summed E-state index contributed by atoms with van der Waals surface area (Å²) in [6.45, 7) is 3.21. The fraction of sp³-hybridized carbons (Fsp3) is 0.111. The maximum absolute atomic E-state index is 12.3. The molecule has 0 bridgehead atoms. The van der Waals surface area contributed by atoms with E-state index in [1.165, 1.54) is 6.92 Å². The molecule has 0 unspecified atom stereocenters. The van der Waals surface area contributed by atoms with E-state index >= 15 is 0 Å². The molecule has 0 atom stereocenters. The van der Waals surface area contributed by atoms with E-state index in [0.29, 0.717) is 16.9 Å². The highest BCUT2D eigenvalue weighted by Crippen LogP contribution is 2.28. The van der Waals surface area contributed by atoms with Crippen molar-refractivity contribution in [2.45, 2.75) is 13.8 Å². The normalized spacial score (nSPS) is 10.6. The molecule has 3 aromatic rings. The van der Waals surface area contributed by atoms with Gasteiger partial charge in [0.25, 0.3) is 0 Å². The van der Waals surface area contributed by atoms with Gasteiger partial charge in [0.1, 0.15) is 11.3 Å². The molecule has 2 aromatic carbocycles. The van der Waals surface area contributed by atoms with Crippen LogP contribution in [0.5, 0.6) is 5.75 Å². The number of rotatable bonds is 2. The van der Waals surface area contributed by atoms with Crippen molar-refractivity contribution in [2.24, 2.45) is 0 Å². The minimum atomic E-state index is -0.417. The van der Waals surface area contributed by atoms with E-state index in [4.69, 9.17) is 9.15 Å². The van der Waals surface area contributed by atoms with E-state index in [1.807, 2.05) is 37.3 Å². The van der Waals surface area contributed by atoms with Crippen LogP contribution in [0.25, 0.3) is 22.1 Å². The zero-order valence-electron chi connectivity index (χ0n) is 12.3. The first-order chi connectivity index (χ1) is 10.6. The van der Waals surface area contributed by atoms with Crippen molar-refractivity contribution in [1.82, 2.24) is 0 Å². The van der Waals surface area contributed by atoms with Gasteiger partial charge in [-0.05, 0) is 30.2 Å². The third kappa shape index (κ3) is 2.51. The van der Waals surface area contributed by atoms with Gasteiger partial charge in [0, 0.05) is 18.4 Å². The van der Waals surface area contributed by atoms with Crippen molar-refractivity contribution in [3.05, 3.63) is 64.5 Å². The van der Waals surface area contributed by atoms with Crippen LogP contribution in [0.1, 0.15) is 12.5 Å². The average molecular weight is 294 g/mol. The Morgan fingerprint density at radius 2 is 1.82 bits per heavy atom. The van der Waals surface area contributed by atoms with E-state index in [-0.39, 0.29) is 0 Å². The highest BCUT2D eigenvalue weighted by molar-refractivity contribution is 5.87. The number of aryl methyl sites for hydroxylation is 1. The van der Waals surface area contributed by atoms with Crippen LogP contribution in [0.4, 0.5) is 0 Å². The summed E-state index contributed by atoms with van der Waals surface area (Å²) in [5, 5.41) is 0.814. The lowest BCUT2D eigenvalue weighted by Crippen LogP contribution is -2.06. The Balaban J connectivity index is 2.22. The highest BCUT2D eigenvalue weighted by Gasteiger charge is 2.13. The Labute approximate surface area is 127 Å². The second-order valence-corrected chi connectivity index (χ2v) is 5.01. The van der Waals surface area contributed by atoms with Crippen molar-refractivity contribution in [1.29, 1.82) is 0 Å². The fourth-order valence-corrected chi connectivity index (χ4v) is 2.50. The molecule has 0 radical (unpaired) electrons. The van der Waals surface area contributed by atoms with E-state index in [0.717, 1.165) is 16.5 Å². The molecule has 0 fully saturated rings. The molecule has 0 aliphatic rings. The molecule has 0 amide bonds. The zero-order chi connectivity index (χ0) is 15.7. The van der Waals surface area contributed by atoms with Gasteiger partial charge in [0.15, 0.2) is 0 Å². The second kappa shape index (κ2) is 5.48. The first-order valence-electron chi connectivity index (χ1n) is 6.87. The zero-order valence-corrected chi connectivity index (χ0v) is 12.3. The van der Waals surface area contributed by atoms with Gasteiger partial charge in [0.2, 0.25) is 0 Å². The van der Waals surface area contributed by atoms with Crippen molar-refractivity contribution >= 4 is 16.9 Å². The minimum Gasteiger partial charge on any atom is -0.427 e. The maximum Gasteiger partial charge on any atom is 0.344 e. The van der Waals surface area contributed by atoms with Crippen LogP contribution in [-0.2, 0) is 4.79 Å². The monoisotopic (exact) mass is 294 g/mol. The van der Waals surface area contributed by atoms with Crippen LogP contribution >= 0.6 is 0 Å². The lowest BCUT2D eigenvalue weighted by Gasteiger charge is -2.09. The van der Waals surface area contributed by atoms with Gasteiger partial charge in [-0.15, -0.1) is 0 Å². The first kappa shape index (κ1) is 14.1. The highest BCUT2D eigenvalue weighted by atomic mass is 16.5. The van der Waals surface area contributed by atoms with Crippen LogP contribution in [0.3, 0.4) is 0 Å². The van der Waals surface area contributed by atoms with Gasteiger partial charge in [-0.25, -0.2) is 4.79 Å². The predicted molar refractivity (Wildman–Crippen MR) is 84.0 cm³/mol. The van der Waals surface area contributed by atoms with Crippen molar-refractivity contribution < 1.29 is 13.9 Å². The van der Waals surface area contributed by atoms with Crippen LogP contribution in [0.15, 0.2) is 57.7 Å². The number of hydrogen-bond acceptors (Lipinski definition) is 4. The number of benzene rings is 2. The number of ether oxygens (including phenoxy) is 1. The molecule has 0 aliphatic heterocycles. The van der Waals surface area contributed by atoms with Gasteiger partial charge < -0.3 is 9.15 Å². The lowest BCUT2D eigenvalue weighted by molar-refractivity contribution is -0.131. The van der Waals surface area contributed by atoms with Gasteiger partial charge in [-0.3, -0.25) is 4.79 Å². The minimum absolute atomic E-state index is 0.356. The van der Waals surface area contributed by atoms with E-state index in [1.54, 1.807) is 18.2 Å². The third-order valence-corrected chi connectivity index (χ3v) is 3.46. The van der Waals surface area contributed by atoms with Crippen molar-refractivity contribution in [2.75, 3.05) is 0 Å². The molecule has 1 aromatic heterocycles. The number of carbonyl (C=O) groups is 1. The summed E-state index contributed by atoms with van der Waals surface area (Å²) in [4.78, 5) is 23.3. The molecule has 4 heteroatoms. The van der Waals surface area contributed by atoms with Gasteiger partial charge >= 0.3 is 11.6 Å². The largest absolute Gasteiger partial charge is 0.427 e. The Kier molecular flexibility index (Phi) is 3.51. The molecule has 0 saturated carbocycles. The smallest absolute Gasteiger partial charge is 0.344 e. The van der Waals surface area contributed by atoms with Gasteiger partial charge in [-0.2, -0.15) is 0 Å². The van der Waals surface area contributed by atoms with Gasteiger partial charge in [-0.1, -0.05) is 30.3 Å². The summed E-state index contributed by atoms with van der Waals surface area (Å²) in [6.07, 6.45) is 0. The standard InChI is InChI=1S/C18H14O4/c1-11-15-9-8-14(21-12(2)19)10-16(15)22-18(20)17(11)13-6-4-3-5-7-13/h3-10H,1-2H3. The van der Waals surface area contributed by atoms with Crippen LogP contribution < -0.4 is 10.4 Å². The molecule has 0 N–H and O–H groups in total. The Morgan fingerprint density at radius 3 is 2.50 bits per heavy atom. The van der Waals surface area contributed by atoms with Crippen LogP contribution in [-0.4, -0.2) is 5.97 Å².